The molecule has 0 saturated heterocycles. The molecule has 2 rings (SSSR count). The van der Waals surface area contributed by atoms with Crippen LogP contribution in [0.25, 0.3) is 10.8 Å². The summed E-state index contributed by atoms with van der Waals surface area (Å²) in [5, 5.41) is 2.24. The van der Waals surface area contributed by atoms with Crippen LogP contribution >= 0.6 is 0 Å². The maximum absolute atomic E-state index is 12.3. The number of fused-ring (bicyclic) bond motifs is 1. The first-order chi connectivity index (χ1) is 10.7. The minimum atomic E-state index is -0.673. The van der Waals surface area contributed by atoms with Crippen LogP contribution in [-0.2, 0) is 14.3 Å². The summed E-state index contributed by atoms with van der Waals surface area (Å²) >= 11 is 0. The number of hydrogen-bond donors (Lipinski definition) is 0. The van der Waals surface area contributed by atoms with Crippen LogP contribution in [0.15, 0.2) is 42.5 Å². The van der Waals surface area contributed by atoms with Gasteiger partial charge in [-0.25, -0.2) is 4.79 Å². The highest BCUT2D eigenvalue weighted by Gasteiger charge is 2.23. The van der Waals surface area contributed by atoms with Crippen molar-refractivity contribution in [2.45, 2.75) is 45.3 Å². The van der Waals surface area contributed by atoms with E-state index >= 15 is 0 Å². The van der Waals surface area contributed by atoms with Gasteiger partial charge in [0.25, 0.3) is 0 Å². The summed E-state index contributed by atoms with van der Waals surface area (Å²) in [5.41, 5.74) is 0.828. The number of hydrogen-bond acceptors (Lipinski definition) is 3. The maximum atomic E-state index is 12.3. The lowest BCUT2D eigenvalue weighted by molar-refractivity contribution is -0.161. The van der Waals surface area contributed by atoms with Crippen LogP contribution in [0.1, 0.15) is 44.8 Å². The van der Waals surface area contributed by atoms with Gasteiger partial charge < -0.3 is 9.47 Å². The minimum Gasteiger partial charge on any atom is -0.460 e. The van der Waals surface area contributed by atoms with Crippen LogP contribution in [0, 0.1) is 0 Å². The Bertz CT molecular complexity index is 621. The summed E-state index contributed by atoms with van der Waals surface area (Å²) in [5.74, 6) is -0.318. The van der Waals surface area contributed by atoms with Gasteiger partial charge in [-0.05, 0) is 35.7 Å². The van der Waals surface area contributed by atoms with Crippen molar-refractivity contribution in [2.75, 3.05) is 7.11 Å². The van der Waals surface area contributed by atoms with Crippen LogP contribution in [-0.4, -0.2) is 19.2 Å². The van der Waals surface area contributed by atoms with Crippen LogP contribution < -0.4 is 0 Å². The SMILES string of the molecule is CCCC[C@@H](C)OC(=O)[C@H](OC)c1ccc2ccccc2c1. The second kappa shape index (κ2) is 7.95. The van der Waals surface area contributed by atoms with Crippen LogP contribution in [0.4, 0.5) is 0 Å². The third-order valence-corrected chi connectivity index (χ3v) is 3.81. The Balaban J connectivity index is 2.13. The highest BCUT2D eigenvalue weighted by Crippen LogP contribution is 2.24. The zero-order chi connectivity index (χ0) is 15.9. The first-order valence-electron chi connectivity index (χ1n) is 7.87. The molecule has 22 heavy (non-hydrogen) atoms. The van der Waals surface area contributed by atoms with Crippen molar-refractivity contribution in [1.29, 1.82) is 0 Å². The Hall–Kier alpha value is -1.87. The van der Waals surface area contributed by atoms with Gasteiger partial charge in [0.2, 0.25) is 0 Å². The molecule has 0 fully saturated rings. The summed E-state index contributed by atoms with van der Waals surface area (Å²) in [7, 11) is 1.54. The highest BCUT2D eigenvalue weighted by atomic mass is 16.6. The Morgan fingerprint density at radius 1 is 1.14 bits per heavy atom. The van der Waals surface area contributed by atoms with Crippen LogP contribution in [0.3, 0.4) is 0 Å². The number of carbonyl (C=O) groups is 1. The van der Waals surface area contributed by atoms with Crippen molar-refractivity contribution in [3.8, 4) is 0 Å². The Morgan fingerprint density at radius 2 is 1.86 bits per heavy atom. The standard InChI is InChI=1S/C19H24O3/c1-4-5-8-14(2)22-19(20)18(21-3)17-12-11-15-9-6-7-10-16(15)13-17/h6-7,9-14,18H,4-5,8H2,1-3H3/t14-,18-/m1/s1. The van der Waals surface area contributed by atoms with E-state index in [2.05, 4.69) is 6.92 Å². The van der Waals surface area contributed by atoms with Gasteiger partial charge in [0.1, 0.15) is 0 Å². The topological polar surface area (TPSA) is 35.5 Å². The molecule has 0 aliphatic carbocycles. The maximum Gasteiger partial charge on any atom is 0.340 e. The molecule has 2 aromatic rings. The Morgan fingerprint density at radius 3 is 2.55 bits per heavy atom. The van der Waals surface area contributed by atoms with E-state index in [1.54, 1.807) is 0 Å². The van der Waals surface area contributed by atoms with Gasteiger partial charge in [-0.1, -0.05) is 56.2 Å². The van der Waals surface area contributed by atoms with Gasteiger partial charge in [-0.3, -0.25) is 0 Å². The van der Waals surface area contributed by atoms with E-state index in [1.807, 2.05) is 49.4 Å². The molecule has 0 N–H and O–H groups in total. The van der Waals surface area contributed by atoms with E-state index in [4.69, 9.17) is 9.47 Å². The molecule has 0 unspecified atom stereocenters. The normalized spacial score (nSPS) is 13.8. The molecule has 0 saturated carbocycles. The molecule has 2 atom stereocenters. The smallest absolute Gasteiger partial charge is 0.340 e. The van der Waals surface area contributed by atoms with Crippen molar-refractivity contribution in [1.82, 2.24) is 0 Å². The average molecular weight is 300 g/mol. The molecule has 0 amide bonds. The van der Waals surface area contributed by atoms with Gasteiger partial charge in [0.15, 0.2) is 6.10 Å². The number of benzene rings is 2. The second-order valence-corrected chi connectivity index (χ2v) is 5.61. The van der Waals surface area contributed by atoms with E-state index in [1.165, 1.54) is 7.11 Å². The molecule has 0 aliphatic heterocycles. The van der Waals surface area contributed by atoms with E-state index in [0.717, 1.165) is 35.6 Å². The average Bonchev–Trinajstić information content (AvgIpc) is 2.53. The van der Waals surface area contributed by atoms with Crippen molar-refractivity contribution < 1.29 is 14.3 Å². The van der Waals surface area contributed by atoms with Gasteiger partial charge in [-0.15, -0.1) is 0 Å². The van der Waals surface area contributed by atoms with Gasteiger partial charge in [0.05, 0.1) is 6.10 Å². The summed E-state index contributed by atoms with van der Waals surface area (Å²) in [6.07, 6.45) is 2.29. The molecule has 0 aliphatic rings. The van der Waals surface area contributed by atoms with Gasteiger partial charge >= 0.3 is 5.97 Å². The molecule has 0 aromatic heterocycles. The summed E-state index contributed by atoms with van der Waals surface area (Å²) in [6, 6.07) is 14.0. The van der Waals surface area contributed by atoms with E-state index in [-0.39, 0.29) is 12.1 Å². The lowest BCUT2D eigenvalue weighted by Gasteiger charge is -2.19. The molecule has 0 spiro atoms. The van der Waals surface area contributed by atoms with E-state index in [0.29, 0.717) is 0 Å². The number of esters is 1. The van der Waals surface area contributed by atoms with Crippen molar-refractivity contribution in [3.63, 3.8) is 0 Å². The quantitative estimate of drug-likeness (QED) is 0.698. The largest absolute Gasteiger partial charge is 0.460 e. The zero-order valence-corrected chi connectivity index (χ0v) is 13.5. The highest BCUT2D eigenvalue weighted by molar-refractivity contribution is 5.85. The predicted octanol–water partition coefficient (Wildman–Crippen LogP) is 4.65. The first kappa shape index (κ1) is 16.5. The van der Waals surface area contributed by atoms with Crippen LogP contribution in [0.5, 0.6) is 0 Å². The Labute approximate surface area is 132 Å². The molecule has 2 aromatic carbocycles. The number of methoxy groups -OCH3 is 1. The third kappa shape index (κ3) is 4.08. The molecule has 0 heterocycles. The second-order valence-electron chi connectivity index (χ2n) is 5.61. The fraction of sp³-hybridized carbons (Fsp3) is 0.421. The first-order valence-corrected chi connectivity index (χ1v) is 7.87. The molecular weight excluding hydrogens is 276 g/mol. The minimum absolute atomic E-state index is 0.0782. The predicted molar refractivity (Wildman–Crippen MR) is 88.8 cm³/mol. The zero-order valence-electron chi connectivity index (χ0n) is 13.5. The number of ether oxygens (including phenoxy) is 2. The van der Waals surface area contributed by atoms with E-state index < -0.39 is 6.10 Å². The van der Waals surface area contributed by atoms with Gasteiger partial charge in [-0.2, -0.15) is 0 Å². The summed E-state index contributed by atoms with van der Waals surface area (Å²) in [4.78, 5) is 12.3. The number of unbranched alkanes of at least 4 members (excludes halogenated alkanes) is 1. The monoisotopic (exact) mass is 300 g/mol. The van der Waals surface area contributed by atoms with Crippen LogP contribution in [0.2, 0.25) is 0 Å². The molecule has 0 radical (unpaired) electrons. The fourth-order valence-electron chi connectivity index (χ4n) is 2.55. The van der Waals surface area contributed by atoms with Gasteiger partial charge in [0, 0.05) is 7.11 Å². The Kier molecular flexibility index (Phi) is 5.96. The fourth-order valence-corrected chi connectivity index (χ4v) is 2.55. The lowest BCUT2D eigenvalue weighted by atomic mass is 10.0. The molecule has 118 valence electrons. The number of rotatable bonds is 7. The van der Waals surface area contributed by atoms with Crippen molar-refractivity contribution >= 4 is 16.7 Å². The molecule has 3 nitrogen and oxygen atoms in total. The summed E-state index contributed by atoms with van der Waals surface area (Å²) < 4.78 is 10.9. The lowest BCUT2D eigenvalue weighted by Crippen LogP contribution is -2.22. The van der Waals surface area contributed by atoms with Crippen molar-refractivity contribution in [2.24, 2.45) is 0 Å². The summed E-state index contributed by atoms with van der Waals surface area (Å²) in [6.45, 7) is 4.06. The van der Waals surface area contributed by atoms with Crippen molar-refractivity contribution in [3.05, 3.63) is 48.0 Å². The molecule has 0 bridgehead atoms. The van der Waals surface area contributed by atoms with E-state index in [9.17, 15) is 4.79 Å². The molecule has 3 heteroatoms. The number of carbonyl (C=O) groups excluding carboxylic acids is 1. The molecular formula is C19H24O3. The third-order valence-electron chi connectivity index (χ3n) is 3.81.